The highest BCUT2D eigenvalue weighted by Gasteiger charge is 2.15. The van der Waals surface area contributed by atoms with Gasteiger partial charge in [-0.2, -0.15) is 0 Å². The highest BCUT2D eigenvalue weighted by Crippen LogP contribution is 2.31. The molecule has 3 aromatic carbocycles. The molecular weight excluding hydrogens is 414 g/mol. The summed E-state index contributed by atoms with van der Waals surface area (Å²) in [6, 6.07) is 21.8. The van der Waals surface area contributed by atoms with E-state index in [1.54, 1.807) is 11.8 Å². The zero-order valence-corrected chi connectivity index (χ0v) is 18.3. The van der Waals surface area contributed by atoms with E-state index < -0.39 is 0 Å². The number of carbonyl (C=O) groups excluding carboxylic acids is 1. The molecule has 0 heterocycles. The molecule has 3 aromatic rings. The maximum absolute atomic E-state index is 12.6. The molecule has 0 aromatic heterocycles. The Kier molecular flexibility index (Phi) is 6.98. The lowest BCUT2D eigenvalue weighted by Gasteiger charge is -2.19. The number of anilines is 1. The van der Waals surface area contributed by atoms with Gasteiger partial charge in [-0.15, -0.1) is 11.8 Å². The molecule has 0 radical (unpaired) electrons. The largest absolute Gasteiger partial charge is 0.483 e. The molecule has 0 spiro atoms. The van der Waals surface area contributed by atoms with Crippen molar-refractivity contribution in [2.45, 2.75) is 36.3 Å². The van der Waals surface area contributed by atoms with Gasteiger partial charge in [-0.05, 0) is 72.7 Å². The zero-order chi connectivity index (χ0) is 20.8. The number of halogens is 1. The predicted molar refractivity (Wildman–Crippen MR) is 125 cm³/mol. The van der Waals surface area contributed by atoms with Crippen molar-refractivity contribution < 1.29 is 9.53 Å². The Morgan fingerprint density at radius 2 is 1.77 bits per heavy atom. The van der Waals surface area contributed by atoms with Crippen LogP contribution in [0.5, 0.6) is 5.75 Å². The SMILES string of the molecule is O=C(COc1cccc2c1CCCC2)Nc1ccccc1SCc1ccc(Cl)cc1. The third kappa shape index (κ3) is 5.38. The number of nitrogens with one attached hydrogen (secondary N) is 1. The quantitative estimate of drug-likeness (QED) is 0.427. The number of fused-ring (bicyclic) bond motifs is 1. The van der Waals surface area contributed by atoms with Crippen LogP contribution in [0.15, 0.2) is 71.6 Å². The first-order valence-corrected chi connectivity index (χ1v) is 11.5. The number of hydrogen-bond donors (Lipinski definition) is 1. The average molecular weight is 438 g/mol. The van der Waals surface area contributed by atoms with Gasteiger partial charge in [0, 0.05) is 15.7 Å². The van der Waals surface area contributed by atoms with E-state index in [2.05, 4.69) is 11.4 Å². The Bertz CT molecular complexity index is 1020. The van der Waals surface area contributed by atoms with Crippen LogP contribution >= 0.6 is 23.4 Å². The molecule has 4 rings (SSSR count). The van der Waals surface area contributed by atoms with E-state index in [1.165, 1.54) is 29.5 Å². The van der Waals surface area contributed by atoms with Crippen LogP contribution in [0.4, 0.5) is 5.69 Å². The average Bonchev–Trinajstić information content (AvgIpc) is 2.78. The molecule has 1 aliphatic rings. The molecule has 1 aliphatic carbocycles. The molecule has 0 atom stereocenters. The smallest absolute Gasteiger partial charge is 0.262 e. The van der Waals surface area contributed by atoms with Crippen molar-refractivity contribution in [1.82, 2.24) is 0 Å². The summed E-state index contributed by atoms with van der Waals surface area (Å²) in [7, 11) is 0. The van der Waals surface area contributed by atoms with Crippen molar-refractivity contribution in [2.75, 3.05) is 11.9 Å². The topological polar surface area (TPSA) is 38.3 Å². The first-order chi connectivity index (χ1) is 14.7. The highest BCUT2D eigenvalue weighted by molar-refractivity contribution is 7.98. The summed E-state index contributed by atoms with van der Waals surface area (Å²) in [5.41, 5.74) is 4.60. The Morgan fingerprint density at radius 3 is 2.63 bits per heavy atom. The van der Waals surface area contributed by atoms with Gasteiger partial charge in [-0.3, -0.25) is 4.79 Å². The van der Waals surface area contributed by atoms with Crippen molar-refractivity contribution in [3.05, 3.63) is 88.4 Å². The predicted octanol–water partition coefficient (Wildman–Crippen LogP) is 6.53. The molecule has 0 saturated heterocycles. The van der Waals surface area contributed by atoms with Crippen LogP contribution in [-0.4, -0.2) is 12.5 Å². The minimum Gasteiger partial charge on any atom is -0.483 e. The van der Waals surface area contributed by atoms with Gasteiger partial charge in [0.2, 0.25) is 0 Å². The van der Waals surface area contributed by atoms with E-state index in [1.807, 2.05) is 60.7 Å². The molecule has 0 bridgehead atoms. The van der Waals surface area contributed by atoms with Gasteiger partial charge < -0.3 is 10.1 Å². The Balaban J connectivity index is 1.36. The molecule has 0 unspecified atom stereocenters. The lowest BCUT2D eigenvalue weighted by atomic mass is 9.91. The molecule has 1 amide bonds. The van der Waals surface area contributed by atoms with E-state index >= 15 is 0 Å². The van der Waals surface area contributed by atoms with E-state index in [0.29, 0.717) is 0 Å². The van der Waals surface area contributed by atoms with Gasteiger partial charge in [0.25, 0.3) is 5.91 Å². The zero-order valence-electron chi connectivity index (χ0n) is 16.7. The van der Waals surface area contributed by atoms with Crippen LogP contribution < -0.4 is 10.1 Å². The monoisotopic (exact) mass is 437 g/mol. The summed E-state index contributed by atoms with van der Waals surface area (Å²) in [5.74, 6) is 1.49. The number of amides is 1. The fourth-order valence-corrected chi connectivity index (χ4v) is 4.74. The molecule has 1 N–H and O–H groups in total. The first-order valence-electron chi connectivity index (χ1n) is 10.2. The Morgan fingerprint density at radius 1 is 0.967 bits per heavy atom. The summed E-state index contributed by atoms with van der Waals surface area (Å²) < 4.78 is 5.89. The first kappa shape index (κ1) is 20.8. The van der Waals surface area contributed by atoms with Crippen molar-refractivity contribution >= 4 is 35.0 Å². The van der Waals surface area contributed by atoms with Crippen molar-refractivity contribution in [2.24, 2.45) is 0 Å². The maximum Gasteiger partial charge on any atom is 0.262 e. The number of rotatable bonds is 7. The van der Waals surface area contributed by atoms with E-state index in [4.69, 9.17) is 16.3 Å². The third-order valence-electron chi connectivity index (χ3n) is 5.18. The molecule has 30 heavy (non-hydrogen) atoms. The third-order valence-corrected chi connectivity index (χ3v) is 6.58. The van der Waals surface area contributed by atoms with Crippen molar-refractivity contribution in [1.29, 1.82) is 0 Å². The van der Waals surface area contributed by atoms with Gasteiger partial charge >= 0.3 is 0 Å². The lowest BCUT2D eigenvalue weighted by molar-refractivity contribution is -0.118. The summed E-state index contributed by atoms with van der Waals surface area (Å²) in [6.07, 6.45) is 4.52. The summed E-state index contributed by atoms with van der Waals surface area (Å²) in [4.78, 5) is 13.6. The Hall–Kier alpha value is -2.43. The molecule has 5 heteroatoms. The molecule has 154 valence electrons. The van der Waals surface area contributed by atoms with Crippen LogP contribution in [0.2, 0.25) is 5.02 Å². The second-order valence-electron chi connectivity index (χ2n) is 7.35. The molecule has 0 fully saturated rings. The van der Waals surface area contributed by atoms with Crippen LogP contribution in [0.25, 0.3) is 0 Å². The van der Waals surface area contributed by atoms with Gasteiger partial charge in [0.1, 0.15) is 5.75 Å². The van der Waals surface area contributed by atoms with Crippen molar-refractivity contribution in [3.63, 3.8) is 0 Å². The number of thioether (sulfide) groups is 1. The fraction of sp³-hybridized carbons (Fsp3) is 0.240. The van der Waals surface area contributed by atoms with Gasteiger partial charge in [0.05, 0.1) is 5.69 Å². The van der Waals surface area contributed by atoms with Crippen LogP contribution in [0, 0.1) is 0 Å². The number of benzene rings is 3. The fourth-order valence-electron chi connectivity index (χ4n) is 3.65. The van der Waals surface area contributed by atoms with E-state index in [0.717, 1.165) is 39.9 Å². The molecule has 0 saturated carbocycles. The number of hydrogen-bond acceptors (Lipinski definition) is 3. The standard InChI is InChI=1S/C25H24ClNO2S/c26-20-14-12-18(13-15-20)17-30-24-11-4-3-9-22(24)27-25(28)16-29-23-10-5-7-19-6-1-2-8-21(19)23/h3-5,7,9-15H,1-2,6,8,16-17H2,(H,27,28). The van der Waals surface area contributed by atoms with Crippen molar-refractivity contribution in [3.8, 4) is 5.75 Å². The van der Waals surface area contributed by atoms with E-state index in [-0.39, 0.29) is 12.5 Å². The van der Waals surface area contributed by atoms with E-state index in [9.17, 15) is 4.79 Å². The second-order valence-corrected chi connectivity index (χ2v) is 8.80. The maximum atomic E-state index is 12.6. The highest BCUT2D eigenvalue weighted by atomic mass is 35.5. The minimum atomic E-state index is -0.150. The number of aryl methyl sites for hydroxylation is 1. The molecular formula is C25H24ClNO2S. The van der Waals surface area contributed by atoms with Crippen LogP contribution in [0.1, 0.15) is 29.5 Å². The summed E-state index contributed by atoms with van der Waals surface area (Å²) in [5, 5.41) is 3.73. The minimum absolute atomic E-state index is 0.00659. The normalized spacial score (nSPS) is 12.8. The number of carbonyl (C=O) groups is 1. The van der Waals surface area contributed by atoms with Gasteiger partial charge in [-0.25, -0.2) is 0 Å². The number of ether oxygens (including phenoxy) is 1. The van der Waals surface area contributed by atoms with Crippen LogP contribution in [0.3, 0.4) is 0 Å². The Labute approximate surface area is 186 Å². The lowest BCUT2D eigenvalue weighted by Crippen LogP contribution is -2.21. The number of para-hydroxylation sites is 1. The van der Waals surface area contributed by atoms with Gasteiger partial charge in [-0.1, -0.05) is 48.0 Å². The summed E-state index contributed by atoms with van der Waals surface area (Å²) >= 11 is 7.64. The second kappa shape index (κ2) is 10.1. The van der Waals surface area contributed by atoms with Crippen LogP contribution in [-0.2, 0) is 23.4 Å². The van der Waals surface area contributed by atoms with Gasteiger partial charge in [0.15, 0.2) is 6.61 Å². The molecule has 3 nitrogen and oxygen atoms in total. The summed E-state index contributed by atoms with van der Waals surface area (Å²) in [6.45, 7) is 0.00659. The molecule has 0 aliphatic heterocycles.